The molecule has 3 amide bonds. The highest BCUT2D eigenvalue weighted by molar-refractivity contribution is 7.80. The number of halogens is 1. The Morgan fingerprint density at radius 3 is 2.09 bits per heavy atom. The summed E-state index contributed by atoms with van der Waals surface area (Å²) in [6, 6.07) is 23.1. The van der Waals surface area contributed by atoms with Crippen LogP contribution in [-0.4, -0.2) is 34.2 Å². The highest BCUT2D eigenvalue weighted by Crippen LogP contribution is 2.30. The van der Waals surface area contributed by atoms with E-state index >= 15 is 0 Å². The summed E-state index contributed by atoms with van der Waals surface area (Å²) < 4.78 is 0. The van der Waals surface area contributed by atoms with E-state index in [9.17, 15) is 19.5 Å². The van der Waals surface area contributed by atoms with Gasteiger partial charge in [-0.1, -0.05) is 72.3 Å². The summed E-state index contributed by atoms with van der Waals surface area (Å²) >= 11 is 11.1. The second kappa shape index (κ2) is 10.1. The molecule has 0 bridgehead atoms. The molecule has 1 aliphatic heterocycles. The maximum Gasteiger partial charge on any atom is 0.281 e. The van der Waals surface area contributed by atoms with Gasteiger partial charge in [-0.15, -0.1) is 0 Å². The minimum absolute atomic E-state index is 0.0847. The van der Waals surface area contributed by atoms with Crippen LogP contribution in [0.4, 0.5) is 5.69 Å². The van der Waals surface area contributed by atoms with Gasteiger partial charge in [0.25, 0.3) is 11.8 Å². The largest absolute Gasteiger partial charge is 0.372 e. The quantitative estimate of drug-likeness (QED) is 0.206. The van der Waals surface area contributed by atoms with Gasteiger partial charge in [-0.2, -0.15) is 5.10 Å². The van der Waals surface area contributed by atoms with Gasteiger partial charge >= 0.3 is 0 Å². The smallest absolute Gasteiger partial charge is 0.281 e. The average molecular weight is 507 g/mol. The fourth-order valence-electron chi connectivity index (χ4n) is 3.60. The fraction of sp³-hybridized carbons (Fsp3) is 0.0800. The van der Waals surface area contributed by atoms with Gasteiger partial charge in [0.1, 0.15) is 0 Å². The molecule has 0 aromatic heterocycles. The first-order chi connectivity index (χ1) is 16.8. The van der Waals surface area contributed by atoms with Crippen LogP contribution < -0.4 is 15.6 Å². The summed E-state index contributed by atoms with van der Waals surface area (Å²) in [6.07, 6.45) is 0.997. The number of nitrogens with zero attached hydrogens (tertiary/aromatic N) is 2. The molecular weight excluding hydrogens is 488 g/mol. The van der Waals surface area contributed by atoms with Gasteiger partial charge in [-0.25, -0.2) is 5.43 Å². The Morgan fingerprint density at radius 2 is 1.54 bits per heavy atom. The summed E-state index contributed by atoms with van der Waals surface area (Å²) in [7, 11) is 0. The normalized spacial score (nSPS) is 16.3. The zero-order valence-electron chi connectivity index (χ0n) is 18.1. The Balaban J connectivity index is 1.57. The van der Waals surface area contributed by atoms with E-state index in [1.807, 2.05) is 0 Å². The SMILES string of the molecule is O=C1NC(=S)N(c2ccc(Cl)cc2)C(=O)[C@@H]1/C=N\NC(=O)C(O)(c1ccccc1)c1ccccc1. The minimum atomic E-state index is -2.06. The van der Waals surface area contributed by atoms with Crippen molar-refractivity contribution >= 4 is 58.6 Å². The number of hydrogen-bond acceptors (Lipinski definition) is 6. The van der Waals surface area contributed by atoms with E-state index < -0.39 is 29.2 Å². The van der Waals surface area contributed by atoms with Crippen LogP contribution >= 0.6 is 23.8 Å². The highest BCUT2D eigenvalue weighted by atomic mass is 35.5. The summed E-state index contributed by atoms with van der Waals surface area (Å²) in [6.45, 7) is 0. The monoisotopic (exact) mass is 506 g/mol. The van der Waals surface area contributed by atoms with E-state index in [-0.39, 0.29) is 5.11 Å². The average Bonchev–Trinajstić information content (AvgIpc) is 2.87. The number of carbonyl (C=O) groups is 3. The molecule has 10 heteroatoms. The first kappa shape index (κ1) is 24.2. The number of hydrazone groups is 1. The molecule has 1 atom stereocenters. The van der Waals surface area contributed by atoms with E-state index in [2.05, 4.69) is 15.8 Å². The third-order valence-corrected chi connectivity index (χ3v) is 5.93. The van der Waals surface area contributed by atoms with Gasteiger partial charge in [0.2, 0.25) is 5.91 Å². The summed E-state index contributed by atoms with van der Waals surface area (Å²) in [4.78, 5) is 39.8. The zero-order chi connectivity index (χ0) is 25.0. The number of anilines is 1. The molecular formula is C25H19ClN4O4S. The Hall–Kier alpha value is -3.92. The van der Waals surface area contributed by atoms with Crippen molar-refractivity contribution in [3.63, 3.8) is 0 Å². The predicted octanol–water partition coefficient (Wildman–Crippen LogP) is 2.74. The molecule has 35 heavy (non-hydrogen) atoms. The number of thiocarbonyl (C=S) groups is 1. The van der Waals surface area contributed by atoms with Crippen molar-refractivity contribution in [3.8, 4) is 0 Å². The van der Waals surface area contributed by atoms with E-state index in [0.29, 0.717) is 21.8 Å². The number of benzene rings is 3. The second-order valence-electron chi connectivity index (χ2n) is 7.58. The lowest BCUT2D eigenvalue weighted by Crippen LogP contribution is -2.58. The van der Waals surface area contributed by atoms with Gasteiger partial charge in [0, 0.05) is 11.2 Å². The van der Waals surface area contributed by atoms with Gasteiger partial charge in [-0.05, 0) is 47.6 Å². The number of nitrogens with one attached hydrogen (secondary N) is 2. The summed E-state index contributed by atoms with van der Waals surface area (Å²) in [5, 5.41) is 18.1. The molecule has 8 nitrogen and oxygen atoms in total. The van der Waals surface area contributed by atoms with Gasteiger partial charge in [-0.3, -0.25) is 19.3 Å². The van der Waals surface area contributed by atoms with Crippen LogP contribution in [-0.2, 0) is 20.0 Å². The Kier molecular flexibility index (Phi) is 7.02. The third-order valence-electron chi connectivity index (χ3n) is 5.39. The van der Waals surface area contributed by atoms with Crippen LogP contribution in [0.15, 0.2) is 90.0 Å². The molecule has 0 saturated carbocycles. The van der Waals surface area contributed by atoms with Crippen LogP contribution in [0.1, 0.15) is 11.1 Å². The molecule has 1 fully saturated rings. The van der Waals surface area contributed by atoms with E-state index in [4.69, 9.17) is 23.8 Å². The van der Waals surface area contributed by atoms with Crippen molar-refractivity contribution in [1.29, 1.82) is 0 Å². The van der Waals surface area contributed by atoms with Crippen molar-refractivity contribution in [2.45, 2.75) is 5.60 Å². The topological polar surface area (TPSA) is 111 Å². The first-order valence-corrected chi connectivity index (χ1v) is 11.2. The molecule has 0 unspecified atom stereocenters. The molecule has 1 aliphatic rings. The van der Waals surface area contributed by atoms with Crippen molar-refractivity contribution in [1.82, 2.24) is 10.7 Å². The molecule has 0 radical (unpaired) electrons. The second-order valence-corrected chi connectivity index (χ2v) is 8.41. The lowest BCUT2D eigenvalue weighted by atomic mass is 9.85. The fourth-order valence-corrected chi connectivity index (χ4v) is 4.02. The molecule has 1 saturated heterocycles. The first-order valence-electron chi connectivity index (χ1n) is 10.4. The molecule has 1 heterocycles. The summed E-state index contributed by atoms with van der Waals surface area (Å²) in [5.74, 6) is -3.57. The van der Waals surface area contributed by atoms with Crippen molar-refractivity contribution < 1.29 is 19.5 Å². The van der Waals surface area contributed by atoms with Crippen molar-refractivity contribution in [2.24, 2.45) is 11.0 Å². The maximum absolute atomic E-state index is 13.1. The molecule has 3 aromatic carbocycles. The van der Waals surface area contributed by atoms with Gasteiger partial charge in [0.15, 0.2) is 16.6 Å². The zero-order valence-corrected chi connectivity index (χ0v) is 19.7. The lowest BCUT2D eigenvalue weighted by Gasteiger charge is -2.31. The van der Waals surface area contributed by atoms with E-state index in [1.165, 1.54) is 0 Å². The number of rotatable bonds is 6. The Labute approximate surface area is 211 Å². The molecule has 176 valence electrons. The molecule has 3 aromatic rings. The standard InChI is InChI=1S/C25H19ClN4O4S/c26-18-11-13-19(14-12-18)30-22(32)20(21(31)28-24(30)35)15-27-29-23(33)25(34,16-7-3-1-4-8-16)17-9-5-2-6-10-17/h1-15,20,34H,(H,29,33)(H,28,31,35)/b27-15-/t20-/m1/s1. The van der Waals surface area contributed by atoms with Gasteiger partial charge < -0.3 is 10.4 Å². The Morgan fingerprint density at radius 1 is 1.00 bits per heavy atom. The molecule has 3 N–H and O–H groups in total. The van der Waals surface area contributed by atoms with Crippen LogP contribution in [0, 0.1) is 5.92 Å². The Bertz CT molecular complexity index is 1260. The molecule has 4 rings (SSSR count). The van der Waals surface area contributed by atoms with Crippen LogP contribution in [0.5, 0.6) is 0 Å². The molecule has 0 aliphatic carbocycles. The van der Waals surface area contributed by atoms with E-state index in [0.717, 1.165) is 11.1 Å². The lowest BCUT2D eigenvalue weighted by molar-refractivity contribution is -0.137. The van der Waals surface area contributed by atoms with Gasteiger partial charge in [0.05, 0.1) is 5.69 Å². The highest BCUT2D eigenvalue weighted by Gasteiger charge is 2.41. The van der Waals surface area contributed by atoms with Crippen molar-refractivity contribution in [2.75, 3.05) is 4.90 Å². The van der Waals surface area contributed by atoms with E-state index in [1.54, 1.807) is 84.9 Å². The number of hydrogen-bond donors (Lipinski definition) is 3. The van der Waals surface area contributed by atoms with Crippen molar-refractivity contribution in [3.05, 3.63) is 101 Å². The van der Waals surface area contributed by atoms with Crippen LogP contribution in [0.25, 0.3) is 0 Å². The third kappa shape index (κ3) is 4.83. The summed E-state index contributed by atoms with van der Waals surface area (Å²) in [5.41, 5.74) is 1.26. The maximum atomic E-state index is 13.1. The number of carbonyl (C=O) groups excluding carboxylic acids is 3. The van der Waals surface area contributed by atoms with Crippen LogP contribution in [0.3, 0.4) is 0 Å². The number of aliphatic hydroxyl groups is 1. The number of amides is 3. The molecule has 0 spiro atoms. The van der Waals surface area contributed by atoms with Crippen LogP contribution in [0.2, 0.25) is 5.02 Å². The minimum Gasteiger partial charge on any atom is -0.372 e. The predicted molar refractivity (Wildman–Crippen MR) is 136 cm³/mol.